The molecule has 0 radical (unpaired) electrons. The third-order valence-electron chi connectivity index (χ3n) is 2.95. The molecule has 1 unspecified atom stereocenters. The first-order chi connectivity index (χ1) is 8.49. The first-order valence-corrected chi connectivity index (χ1v) is 5.69. The van der Waals surface area contributed by atoms with Gasteiger partial charge in [0.15, 0.2) is 6.23 Å². The lowest BCUT2D eigenvalue weighted by atomic mass is 10.1. The molecule has 1 aromatic carbocycles. The maximum absolute atomic E-state index is 11.8. The van der Waals surface area contributed by atoms with Crippen LogP contribution in [-0.4, -0.2) is 25.7 Å². The van der Waals surface area contributed by atoms with Crippen LogP contribution in [0.5, 0.6) is 11.5 Å². The number of ether oxygens (including phenoxy) is 3. The van der Waals surface area contributed by atoms with Crippen LogP contribution in [0.4, 0.5) is 0 Å². The van der Waals surface area contributed by atoms with Gasteiger partial charge in [-0.2, -0.15) is 0 Å². The van der Waals surface area contributed by atoms with E-state index in [0.717, 1.165) is 0 Å². The van der Waals surface area contributed by atoms with E-state index in [0.29, 0.717) is 17.1 Å². The first kappa shape index (κ1) is 12.7. The minimum atomic E-state index is -0.851. The van der Waals surface area contributed by atoms with Crippen LogP contribution in [0.1, 0.15) is 25.6 Å². The van der Waals surface area contributed by atoms with Crippen LogP contribution in [0.15, 0.2) is 18.2 Å². The lowest BCUT2D eigenvalue weighted by Crippen LogP contribution is -2.32. The Labute approximate surface area is 106 Å². The number of carbonyl (C=O) groups is 1. The zero-order valence-electron chi connectivity index (χ0n) is 10.9. The maximum atomic E-state index is 11.8. The van der Waals surface area contributed by atoms with Crippen LogP contribution in [0.2, 0.25) is 0 Å². The molecule has 1 fully saturated rings. The molecule has 0 saturated carbocycles. The van der Waals surface area contributed by atoms with Gasteiger partial charge in [0.1, 0.15) is 17.1 Å². The molecule has 1 amide bonds. The van der Waals surface area contributed by atoms with E-state index in [2.05, 4.69) is 5.32 Å². The predicted molar refractivity (Wildman–Crippen MR) is 65.6 cm³/mol. The summed E-state index contributed by atoms with van der Waals surface area (Å²) in [6.07, 6.45) is -0.557. The maximum Gasteiger partial charge on any atom is 0.254 e. The molecule has 0 bridgehead atoms. The highest BCUT2D eigenvalue weighted by Gasteiger charge is 2.42. The molecule has 5 nitrogen and oxygen atoms in total. The summed E-state index contributed by atoms with van der Waals surface area (Å²) in [5.74, 6) is 1.09. The number of amides is 1. The van der Waals surface area contributed by atoms with Gasteiger partial charge in [-0.3, -0.25) is 4.79 Å². The lowest BCUT2D eigenvalue weighted by Gasteiger charge is -2.19. The molecule has 1 aromatic rings. The first-order valence-electron chi connectivity index (χ1n) is 5.69. The lowest BCUT2D eigenvalue weighted by molar-refractivity contribution is -0.130. The fraction of sp³-hybridized carbons (Fsp3) is 0.462. The van der Waals surface area contributed by atoms with Crippen molar-refractivity contribution >= 4 is 5.91 Å². The molecule has 0 spiro atoms. The summed E-state index contributed by atoms with van der Waals surface area (Å²) in [7, 11) is 3.14. The zero-order chi connectivity index (χ0) is 13.3. The topological polar surface area (TPSA) is 56.8 Å². The summed E-state index contributed by atoms with van der Waals surface area (Å²) < 4.78 is 16.3. The fourth-order valence-corrected chi connectivity index (χ4v) is 1.94. The van der Waals surface area contributed by atoms with Crippen molar-refractivity contribution in [3.8, 4) is 11.5 Å². The Balaban J connectivity index is 2.42. The number of nitrogens with one attached hydrogen (secondary N) is 1. The molecule has 1 atom stereocenters. The highest BCUT2D eigenvalue weighted by molar-refractivity contribution is 5.86. The molecule has 2 rings (SSSR count). The number of benzene rings is 1. The van der Waals surface area contributed by atoms with Gasteiger partial charge in [0, 0.05) is 0 Å². The van der Waals surface area contributed by atoms with E-state index >= 15 is 0 Å². The quantitative estimate of drug-likeness (QED) is 0.887. The Morgan fingerprint density at radius 3 is 2.17 bits per heavy atom. The van der Waals surface area contributed by atoms with Crippen molar-refractivity contribution in [1.82, 2.24) is 5.32 Å². The fourth-order valence-electron chi connectivity index (χ4n) is 1.94. The normalized spacial score (nSPS) is 21.6. The van der Waals surface area contributed by atoms with E-state index < -0.39 is 11.8 Å². The van der Waals surface area contributed by atoms with E-state index in [1.807, 2.05) is 6.07 Å². The molecule has 5 heteroatoms. The standard InChI is InChI=1S/C13H17NO4/c1-13(2)12(15)14-11(18-13)10-8(16-3)6-5-7-9(10)17-4/h5-7,11H,1-4H3,(H,14,15). The van der Waals surface area contributed by atoms with E-state index in [1.54, 1.807) is 40.2 Å². The van der Waals surface area contributed by atoms with Crippen LogP contribution in [0, 0.1) is 0 Å². The van der Waals surface area contributed by atoms with E-state index in [1.165, 1.54) is 0 Å². The minimum Gasteiger partial charge on any atom is -0.496 e. The van der Waals surface area contributed by atoms with Gasteiger partial charge < -0.3 is 19.5 Å². The van der Waals surface area contributed by atoms with E-state index in [4.69, 9.17) is 14.2 Å². The summed E-state index contributed by atoms with van der Waals surface area (Å²) in [6, 6.07) is 5.43. The van der Waals surface area contributed by atoms with Gasteiger partial charge in [0.2, 0.25) is 0 Å². The average Bonchev–Trinajstić information content (AvgIpc) is 2.62. The Morgan fingerprint density at radius 2 is 1.78 bits per heavy atom. The van der Waals surface area contributed by atoms with Crippen LogP contribution < -0.4 is 14.8 Å². The Morgan fingerprint density at radius 1 is 1.22 bits per heavy atom. The molecular weight excluding hydrogens is 234 g/mol. The second-order valence-electron chi connectivity index (χ2n) is 4.56. The Hall–Kier alpha value is -1.75. The third kappa shape index (κ3) is 2.01. The molecule has 1 aliphatic rings. The molecule has 0 aromatic heterocycles. The molecule has 1 saturated heterocycles. The highest BCUT2D eigenvalue weighted by atomic mass is 16.5. The average molecular weight is 251 g/mol. The van der Waals surface area contributed by atoms with Crippen LogP contribution in [0.3, 0.4) is 0 Å². The number of carbonyl (C=O) groups excluding carboxylic acids is 1. The van der Waals surface area contributed by atoms with Gasteiger partial charge in [-0.15, -0.1) is 0 Å². The van der Waals surface area contributed by atoms with Crippen molar-refractivity contribution in [3.63, 3.8) is 0 Å². The van der Waals surface area contributed by atoms with Crippen molar-refractivity contribution in [2.24, 2.45) is 0 Å². The summed E-state index contributed by atoms with van der Waals surface area (Å²) in [5.41, 5.74) is -0.155. The van der Waals surface area contributed by atoms with Crippen LogP contribution >= 0.6 is 0 Å². The van der Waals surface area contributed by atoms with E-state index in [-0.39, 0.29) is 5.91 Å². The molecule has 1 heterocycles. The zero-order valence-corrected chi connectivity index (χ0v) is 10.9. The Bertz CT molecular complexity index is 448. The third-order valence-corrected chi connectivity index (χ3v) is 2.95. The molecule has 98 valence electrons. The Kier molecular flexibility index (Phi) is 3.17. The van der Waals surface area contributed by atoms with Gasteiger partial charge in [-0.05, 0) is 26.0 Å². The minimum absolute atomic E-state index is 0.152. The van der Waals surface area contributed by atoms with Crippen molar-refractivity contribution in [2.45, 2.75) is 25.7 Å². The van der Waals surface area contributed by atoms with Crippen molar-refractivity contribution in [2.75, 3.05) is 14.2 Å². The summed E-state index contributed by atoms with van der Waals surface area (Å²) >= 11 is 0. The molecular formula is C13H17NO4. The number of hydrogen-bond donors (Lipinski definition) is 1. The number of rotatable bonds is 3. The van der Waals surface area contributed by atoms with Crippen molar-refractivity contribution < 1.29 is 19.0 Å². The number of hydrogen-bond acceptors (Lipinski definition) is 4. The van der Waals surface area contributed by atoms with Gasteiger partial charge in [0.05, 0.1) is 19.8 Å². The van der Waals surface area contributed by atoms with Gasteiger partial charge in [0.25, 0.3) is 5.91 Å². The largest absolute Gasteiger partial charge is 0.496 e. The molecule has 18 heavy (non-hydrogen) atoms. The van der Waals surface area contributed by atoms with E-state index in [9.17, 15) is 4.79 Å². The second-order valence-corrected chi connectivity index (χ2v) is 4.56. The SMILES string of the molecule is COc1cccc(OC)c1C1NC(=O)C(C)(C)O1. The van der Waals surface area contributed by atoms with Gasteiger partial charge in [-0.25, -0.2) is 0 Å². The van der Waals surface area contributed by atoms with Crippen molar-refractivity contribution in [1.29, 1.82) is 0 Å². The van der Waals surface area contributed by atoms with Gasteiger partial charge >= 0.3 is 0 Å². The van der Waals surface area contributed by atoms with Crippen LogP contribution in [0.25, 0.3) is 0 Å². The highest BCUT2D eigenvalue weighted by Crippen LogP contribution is 2.39. The van der Waals surface area contributed by atoms with Crippen LogP contribution in [-0.2, 0) is 9.53 Å². The molecule has 1 N–H and O–H groups in total. The summed E-state index contributed by atoms with van der Waals surface area (Å²) in [4.78, 5) is 11.8. The number of methoxy groups -OCH3 is 2. The molecule has 0 aliphatic carbocycles. The summed E-state index contributed by atoms with van der Waals surface area (Å²) in [6.45, 7) is 3.45. The van der Waals surface area contributed by atoms with Gasteiger partial charge in [-0.1, -0.05) is 6.07 Å². The van der Waals surface area contributed by atoms with Crippen molar-refractivity contribution in [3.05, 3.63) is 23.8 Å². The predicted octanol–water partition coefficient (Wildman–Crippen LogP) is 1.63. The summed E-state index contributed by atoms with van der Waals surface area (Å²) in [5, 5.41) is 2.79. The monoisotopic (exact) mass is 251 g/mol. The second kappa shape index (κ2) is 4.49. The molecule has 1 aliphatic heterocycles. The smallest absolute Gasteiger partial charge is 0.254 e.